The predicted molar refractivity (Wildman–Crippen MR) is 76.4 cm³/mol. The van der Waals surface area contributed by atoms with Crippen LogP contribution in [-0.4, -0.2) is 18.2 Å². The molecule has 0 aromatic heterocycles. The predicted octanol–water partition coefficient (Wildman–Crippen LogP) is 3.35. The van der Waals surface area contributed by atoms with Crippen molar-refractivity contribution in [3.05, 3.63) is 35.4 Å². The quantitative estimate of drug-likeness (QED) is 0.626. The van der Waals surface area contributed by atoms with Crippen molar-refractivity contribution in [2.24, 2.45) is 0 Å². The number of fused-ring (bicyclic) bond motifs is 2. The smallest absolute Gasteiger partial charge is 0.341 e. The summed E-state index contributed by atoms with van der Waals surface area (Å²) in [6.45, 7) is 4.26. The number of ether oxygens (including phenoxy) is 2. The molecule has 3 nitrogen and oxygen atoms in total. The summed E-state index contributed by atoms with van der Waals surface area (Å²) in [5.41, 5.74) is 1.32. The van der Waals surface area contributed by atoms with Gasteiger partial charge in [-0.2, -0.15) is 0 Å². The first-order valence-electron chi connectivity index (χ1n) is 7.66. The monoisotopic (exact) mass is 274 g/mol. The molecule has 2 unspecified atom stereocenters. The molecule has 2 atom stereocenters. The van der Waals surface area contributed by atoms with Crippen LogP contribution in [0.15, 0.2) is 24.3 Å². The maximum atomic E-state index is 12.4. The lowest BCUT2D eigenvalue weighted by molar-refractivity contribution is -0.149. The van der Waals surface area contributed by atoms with Crippen LogP contribution in [0.1, 0.15) is 50.7 Å². The molecule has 20 heavy (non-hydrogen) atoms. The van der Waals surface area contributed by atoms with E-state index in [9.17, 15) is 4.79 Å². The number of benzene rings is 1. The standard InChI is InChI=1S/C17H22O3/c1-3-16(15(18)19-4-2)17(20-16)12-8-7-10-13-9-5-6-11-14(13)17/h5-6,9,11H,3-4,7-8,10,12H2,1-2H3. The van der Waals surface area contributed by atoms with Crippen LogP contribution in [0.4, 0.5) is 0 Å². The van der Waals surface area contributed by atoms with E-state index in [0.717, 1.165) is 25.7 Å². The molecule has 1 aliphatic heterocycles. The molecule has 1 fully saturated rings. The summed E-state index contributed by atoms with van der Waals surface area (Å²) in [4.78, 5) is 12.4. The molecular weight excluding hydrogens is 252 g/mol. The first kappa shape index (κ1) is 13.6. The Morgan fingerprint density at radius 3 is 2.85 bits per heavy atom. The lowest BCUT2D eigenvalue weighted by Gasteiger charge is -2.18. The van der Waals surface area contributed by atoms with Gasteiger partial charge in [0.15, 0.2) is 5.60 Å². The fraction of sp³-hybridized carbons (Fsp3) is 0.588. The van der Waals surface area contributed by atoms with Crippen molar-refractivity contribution < 1.29 is 14.3 Å². The highest BCUT2D eigenvalue weighted by Gasteiger charge is 2.75. The van der Waals surface area contributed by atoms with Crippen LogP contribution in [0.25, 0.3) is 0 Å². The number of esters is 1. The average molecular weight is 274 g/mol. The molecule has 1 aliphatic carbocycles. The molecule has 0 amide bonds. The van der Waals surface area contributed by atoms with E-state index in [1.54, 1.807) is 0 Å². The van der Waals surface area contributed by atoms with Crippen molar-refractivity contribution in [1.82, 2.24) is 0 Å². The molecule has 1 spiro atoms. The minimum absolute atomic E-state index is 0.195. The number of hydrogen-bond donors (Lipinski definition) is 0. The van der Waals surface area contributed by atoms with Gasteiger partial charge in [0, 0.05) is 0 Å². The highest BCUT2D eigenvalue weighted by molar-refractivity contribution is 5.85. The van der Waals surface area contributed by atoms with Crippen LogP contribution in [0.5, 0.6) is 0 Å². The van der Waals surface area contributed by atoms with E-state index in [2.05, 4.69) is 18.2 Å². The zero-order valence-electron chi connectivity index (χ0n) is 12.3. The molecule has 0 N–H and O–H groups in total. The number of hydrogen-bond acceptors (Lipinski definition) is 3. The van der Waals surface area contributed by atoms with E-state index in [-0.39, 0.29) is 5.97 Å². The van der Waals surface area contributed by atoms with Crippen LogP contribution >= 0.6 is 0 Å². The van der Waals surface area contributed by atoms with Crippen molar-refractivity contribution in [3.8, 4) is 0 Å². The molecule has 1 saturated heterocycles. The van der Waals surface area contributed by atoms with Gasteiger partial charge in [-0.3, -0.25) is 0 Å². The number of carbonyl (C=O) groups is 1. The van der Waals surface area contributed by atoms with Gasteiger partial charge < -0.3 is 9.47 Å². The molecule has 2 aliphatic rings. The summed E-state index contributed by atoms with van der Waals surface area (Å²) in [6.07, 6.45) is 4.90. The van der Waals surface area contributed by atoms with Crippen molar-refractivity contribution in [2.45, 2.75) is 57.2 Å². The van der Waals surface area contributed by atoms with Gasteiger partial charge in [0.1, 0.15) is 5.60 Å². The Hall–Kier alpha value is -1.35. The Bertz CT molecular complexity index is 525. The third-order valence-electron chi connectivity index (χ3n) is 4.74. The van der Waals surface area contributed by atoms with Gasteiger partial charge in [-0.05, 0) is 50.2 Å². The summed E-state index contributed by atoms with van der Waals surface area (Å²) >= 11 is 0. The van der Waals surface area contributed by atoms with Crippen LogP contribution < -0.4 is 0 Å². The Kier molecular flexibility index (Phi) is 3.33. The highest BCUT2D eigenvalue weighted by Crippen LogP contribution is 2.62. The van der Waals surface area contributed by atoms with Crippen molar-refractivity contribution in [3.63, 3.8) is 0 Å². The summed E-state index contributed by atoms with van der Waals surface area (Å²) in [7, 11) is 0. The van der Waals surface area contributed by atoms with Gasteiger partial charge in [-0.1, -0.05) is 31.2 Å². The third-order valence-corrected chi connectivity index (χ3v) is 4.74. The van der Waals surface area contributed by atoms with E-state index < -0.39 is 11.2 Å². The minimum Gasteiger partial charge on any atom is -0.464 e. The maximum Gasteiger partial charge on any atom is 0.341 e. The van der Waals surface area contributed by atoms with Gasteiger partial charge >= 0.3 is 5.97 Å². The Morgan fingerprint density at radius 2 is 2.10 bits per heavy atom. The second-order valence-corrected chi connectivity index (χ2v) is 5.69. The van der Waals surface area contributed by atoms with Gasteiger partial charge in [-0.25, -0.2) is 4.79 Å². The Labute approximate surface area is 120 Å². The fourth-order valence-electron chi connectivity index (χ4n) is 3.71. The lowest BCUT2D eigenvalue weighted by atomic mass is 9.80. The van der Waals surface area contributed by atoms with Crippen molar-refractivity contribution in [2.75, 3.05) is 6.61 Å². The van der Waals surface area contributed by atoms with Crippen molar-refractivity contribution in [1.29, 1.82) is 0 Å². The van der Waals surface area contributed by atoms with Gasteiger partial charge in [-0.15, -0.1) is 0 Å². The largest absolute Gasteiger partial charge is 0.464 e. The number of aryl methyl sites for hydroxylation is 1. The summed E-state index contributed by atoms with van der Waals surface area (Å²) in [5, 5.41) is 0. The first-order valence-corrected chi connectivity index (χ1v) is 7.66. The molecule has 1 heterocycles. The van der Waals surface area contributed by atoms with Crippen LogP contribution in [0.3, 0.4) is 0 Å². The van der Waals surface area contributed by atoms with Gasteiger partial charge in [0.05, 0.1) is 6.61 Å². The molecule has 3 heteroatoms. The molecule has 0 radical (unpaired) electrons. The van der Waals surface area contributed by atoms with Gasteiger partial charge in [0.2, 0.25) is 0 Å². The first-order chi connectivity index (χ1) is 9.70. The molecule has 3 rings (SSSR count). The Balaban J connectivity index is 2.03. The summed E-state index contributed by atoms with van der Waals surface area (Å²) < 4.78 is 11.4. The molecule has 0 bridgehead atoms. The molecule has 108 valence electrons. The van der Waals surface area contributed by atoms with Crippen molar-refractivity contribution >= 4 is 5.97 Å². The van der Waals surface area contributed by atoms with Crippen LogP contribution in [-0.2, 0) is 26.3 Å². The average Bonchev–Trinajstić information content (AvgIpc) is 3.18. The molecule has 0 saturated carbocycles. The Morgan fingerprint density at radius 1 is 1.30 bits per heavy atom. The summed E-state index contributed by atoms with van der Waals surface area (Å²) in [5.74, 6) is -0.195. The zero-order valence-corrected chi connectivity index (χ0v) is 12.3. The van der Waals surface area contributed by atoms with E-state index in [0.29, 0.717) is 13.0 Å². The van der Waals surface area contributed by atoms with E-state index in [4.69, 9.17) is 9.47 Å². The van der Waals surface area contributed by atoms with E-state index in [1.807, 2.05) is 19.9 Å². The van der Waals surface area contributed by atoms with E-state index >= 15 is 0 Å². The SMILES string of the molecule is CCOC(=O)C1(CC)OC12CCCCc1ccccc12. The molecular formula is C17H22O3. The number of epoxide rings is 1. The normalized spacial score (nSPS) is 31.5. The number of rotatable bonds is 3. The van der Waals surface area contributed by atoms with Crippen LogP contribution in [0, 0.1) is 0 Å². The van der Waals surface area contributed by atoms with Gasteiger partial charge in [0.25, 0.3) is 0 Å². The molecule has 1 aromatic rings. The summed E-state index contributed by atoms with van der Waals surface area (Å²) in [6, 6.07) is 8.39. The fourth-order valence-corrected chi connectivity index (χ4v) is 3.71. The maximum absolute atomic E-state index is 12.4. The third kappa shape index (κ3) is 1.72. The van der Waals surface area contributed by atoms with E-state index in [1.165, 1.54) is 11.1 Å². The minimum atomic E-state index is -0.760. The molecule has 1 aromatic carbocycles. The topological polar surface area (TPSA) is 38.8 Å². The second-order valence-electron chi connectivity index (χ2n) is 5.69. The number of carbonyl (C=O) groups excluding carboxylic acids is 1. The second kappa shape index (κ2) is 4.88. The zero-order chi connectivity index (χ0) is 14.2. The lowest BCUT2D eigenvalue weighted by Crippen LogP contribution is -2.34. The highest BCUT2D eigenvalue weighted by atomic mass is 16.7. The van der Waals surface area contributed by atoms with Crippen LogP contribution in [0.2, 0.25) is 0 Å².